The van der Waals surface area contributed by atoms with Crippen LogP contribution in [0.5, 0.6) is 11.5 Å². The molecule has 0 aliphatic heterocycles. The van der Waals surface area contributed by atoms with Crippen LogP contribution >= 0.6 is 0 Å². The highest BCUT2D eigenvalue weighted by molar-refractivity contribution is 5.82. The maximum absolute atomic E-state index is 11.2. The van der Waals surface area contributed by atoms with Crippen molar-refractivity contribution in [1.29, 1.82) is 0 Å². The number of amides is 1. The monoisotopic (exact) mass is 342 g/mol. The molecule has 132 valence electrons. The molecule has 25 heavy (non-hydrogen) atoms. The lowest BCUT2D eigenvalue weighted by molar-refractivity contribution is 0.152. The van der Waals surface area contributed by atoms with Crippen molar-refractivity contribution in [1.82, 2.24) is 5.43 Å². The summed E-state index contributed by atoms with van der Waals surface area (Å²) in [5, 5.41) is 3.84. The largest absolute Gasteiger partial charge is 0.490 e. The molecule has 0 saturated carbocycles. The Morgan fingerprint density at radius 1 is 1.04 bits per heavy atom. The van der Waals surface area contributed by atoms with Gasteiger partial charge in [-0.15, -0.1) is 0 Å². The van der Waals surface area contributed by atoms with Gasteiger partial charge < -0.3 is 14.2 Å². The molecule has 0 unspecified atom stereocenters. The first-order valence-corrected chi connectivity index (χ1v) is 8.12. The van der Waals surface area contributed by atoms with Gasteiger partial charge in [-0.1, -0.05) is 30.3 Å². The maximum atomic E-state index is 11.2. The van der Waals surface area contributed by atoms with Gasteiger partial charge in [0.2, 0.25) is 0 Å². The summed E-state index contributed by atoms with van der Waals surface area (Å²) in [6, 6.07) is 15.4. The number of rotatable bonds is 8. The van der Waals surface area contributed by atoms with E-state index in [1.54, 1.807) is 13.0 Å². The maximum Gasteiger partial charge on any atom is 0.427 e. The molecule has 0 aliphatic carbocycles. The molecular weight excluding hydrogens is 320 g/mol. The summed E-state index contributed by atoms with van der Waals surface area (Å²) in [5.41, 5.74) is 4.13. The molecule has 0 aromatic heterocycles. The first-order valence-electron chi connectivity index (χ1n) is 8.12. The minimum absolute atomic E-state index is 0.295. The third-order valence-corrected chi connectivity index (χ3v) is 3.15. The van der Waals surface area contributed by atoms with Crippen LogP contribution in [0, 0.1) is 0 Å². The molecule has 0 bridgehead atoms. The number of carbonyl (C=O) groups excluding carboxylic acids is 1. The summed E-state index contributed by atoms with van der Waals surface area (Å²) in [6.07, 6.45) is 0.923. The molecule has 0 fully saturated rings. The Bertz CT molecular complexity index is 702. The van der Waals surface area contributed by atoms with Gasteiger partial charge in [0.25, 0.3) is 0 Å². The Morgan fingerprint density at radius 2 is 1.84 bits per heavy atom. The van der Waals surface area contributed by atoms with Crippen LogP contribution in [0.3, 0.4) is 0 Å². The second kappa shape index (κ2) is 9.97. The third-order valence-electron chi connectivity index (χ3n) is 3.15. The van der Waals surface area contributed by atoms with Gasteiger partial charge in [0.15, 0.2) is 11.5 Å². The van der Waals surface area contributed by atoms with E-state index in [0.29, 0.717) is 31.3 Å². The number of nitrogens with zero attached hydrogens (tertiary/aromatic N) is 1. The molecule has 0 aliphatic rings. The average molecular weight is 342 g/mol. The Morgan fingerprint density at radius 3 is 2.56 bits per heavy atom. The molecule has 2 rings (SSSR count). The van der Waals surface area contributed by atoms with Gasteiger partial charge in [0.1, 0.15) is 6.61 Å². The number of carbonyl (C=O) groups is 1. The molecule has 0 saturated heterocycles. The molecule has 0 spiro atoms. The number of hydrogen-bond donors (Lipinski definition) is 1. The Hall–Kier alpha value is -3.02. The standard InChI is InChI=1S/C19H22N2O4/c1-3-23-18-12-16(13-20-21-19(22)24-4-2)10-11-17(18)25-14-15-8-6-5-7-9-15/h5-13H,3-4,14H2,1-2H3,(H,21,22)/b20-13-. The summed E-state index contributed by atoms with van der Waals surface area (Å²) in [5.74, 6) is 1.28. The van der Waals surface area contributed by atoms with E-state index < -0.39 is 6.09 Å². The molecule has 2 aromatic rings. The smallest absolute Gasteiger partial charge is 0.427 e. The highest BCUT2D eigenvalue weighted by Crippen LogP contribution is 2.28. The van der Waals surface area contributed by atoms with E-state index in [2.05, 4.69) is 10.5 Å². The lowest BCUT2D eigenvalue weighted by Crippen LogP contribution is -2.18. The fraction of sp³-hybridized carbons (Fsp3) is 0.263. The van der Waals surface area contributed by atoms with Crippen molar-refractivity contribution in [2.75, 3.05) is 13.2 Å². The average Bonchev–Trinajstić information content (AvgIpc) is 2.62. The SMILES string of the molecule is CCOC(=O)N/N=C\c1ccc(OCc2ccccc2)c(OCC)c1. The van der Waals surface area contributed by atoms with Crippen molar-refractivity contribution >= 4 is 12.3 Å². The van der Waals surface area contributed by atoms with Crippen molar-refractivity contribution in [3.63, 3.8) is 0 Å². The van der Waals surface area contributed by atoms with Crippen molar-refractivity contribution in [3.05, 3.63) is 59.7 Å². The fourth-order valence-electron chi connectivity index (χ4n) is 2.05. The van der Waals surface area contributed by atoms with Gasteiger partial charge in [0, 0.05) is 0 Å². The summed E-state index contributed by atoms with van der Waals surface area (Å²) < 4.78 is 16.2. The lowest BCUT2D eigenvalue weighted by Gasteiger charge is -2.12. The van der Waals surface area contributed by atoms with E-state index >= 15 is 0 Å². The summed E-state index contributed by atoms with van der Waals surface area (Å²) in [6.45, 7) is 4.90. The van der Waals surface area contributed by atoms with Crippen molar-refractivity contribution in [2.24, 2.45) is 5.10 Å². The summed E-state index contributed by atoms with van der Waals surface area (Å²) in [7, 11) is 0. The predicted molar refractivity (Wildman–Crippen MR) is 96.1 cm³/mol. The van der Waals surface area contributed by atoms with Crippen LogP contribution in [-0.2, 0) is 11.3 Å². The van der Waals surface area contributed by atoms with Crippen LogP contribution in [0.1, 0.15) is 25.0 Å². The van der Waals surface area contributed by atoms with Gasteiger partial charge in [-0.3, -0.25) is 0 Å². The van der Waals surface area contributed by atoms with Crippen LogP contribution in [-0.4, -0.2) is 25.5 Å². The fourth-order valence-corrected chi connectivity index (χ4v) is 2.05. The summed E-state index contributed by atoms with van der Waals surface area (Å²) in [4.78, 5) is 11.2. The highest BCUT2D eigenvalue weighted by Gasteiger charge is 2.06. The van der Waals surface area contributed by atoms with E-state index in [9.17, 15) is 4.79 Å². The molecule has 0 heterocycles. The zero-order chi connectivity index (χ0) is 17.9. The number of nitrogens with one attached hydrogen (secondary N) is 1. The van der Waals surface area contributed by atoms with E-state index in [-0.39, 0.29) is 0 Å². The zero-order valence-electron chi connectivity index (χ0n) is 14.4. The molecule has 6 nitrogen and oxygen atoms in total. The van der Waals surface area contributed by atoms with Gasteiger partial charge in [-0.05, 0) is 43.2 Å². The molecule has 1 amide bonds. The first-order chi connectivity index (χ1) is 12.2. The number of hydrazone groups is 1. The van der Waals surface area contributed by atoms with Gasteiger partial charge in [0.05, 0.1) is 19.4 Å². The summed E-state index contributed by atoms with van der Waals surface area (Å²) >= 11 is 0. The Kier molecular flexibility index (Phi) is 7.31. The number of hydrogen-bond acceptors (Lipinski definition) is 5. The minimum atomic E-state index is -0.591. The van der Waals surface area contributed by atoms with Crippen molar-refractivity contribution in [2.45, 2.75) is 20.5 Å². The van der Waals surface area contributed by atoms with Crippen LogP contribution in [0.2, 0.25) is 0 Å². The molecule has 1 N–H and O–H groups in total. The highest BCUT2D eigenvalue weighted by atomic mass is 16.5. The Labute approximate surface area is 147 Å². The molecule has 2 aromatic carbocycles. The predicted octanol–water partition coefficient (Wildman–Crippen LogP) is 3.74. The number of benzene rings is 2. The van der Waals surface area contributed by atoms with Crippen LogP contribution in [0.25, 0.3) is 0 Å². The van der Waals surface area contributed by atoms with E-state index in [4.69, 9.17) is 14.2 Å². The lowest BCUT2D eigenvalue weighted by atomic mass is 10.2. The molecule has 0 radical (unpaired) electrons. The van der Waals surface area contributed by atoms with Crippen LogP contribution < -0.4 is 14.9 Å². The van der Waals surface area contributed by atoms with E-state index in [1.165, 1.54) is 6.21 Å². The van der Waals surface area contributed by atoms with Gasteiger partial charge in [-0.2, -0.15) is 5.10 Å². The second-order valence-electron chi connectivity index (χ2n) is 5.00. The third kappa shape index (κ3) is 6.18. The zero-order valence-corrected chi connectivity index (χ0v) is 14.4. The quantitative estimate of drug-likeness (QED) is 0.586. The molecule has 6 heteroatoms. The van der Waals surface area contributed by atoms with Crippen LogP contribution in [0.4, 0.5) is 4.79 Å². The van der Waals surface area contributed by atoms with Crippen molar-refractivity contribution < 1.29 is 19.0 Å². The normalized spacial score (nSPS) is 10.5. The van der Waals surface area contributed by atoms with Crippen molar-refractivity contribution in [3.8, 4) is 11.5 Å². The second-order valence-corrected chi connectivity index (χ2v) is 5.00. The number of ether oxygens (including phenoxy) is 3. The van der Waals surface area contributed by atoms with Crippen LogP contribution in [0.15, 0.2) is 53.6 Å². The Balaban J connectivity index is 2.03. The molecular formula is C19H22N2O4. The van der Waals surface area contributed by atoms with Gasteiger partial charge in [-0.25, -0.2) is 10.2 Å². The van der Waals surface area contributed by atoms with E-state index in [0.717, 1.165) is 11.1 Å². The first kappa shape index (κ1) is 18.3. The minimum Gasteiger partial charge on any atom is -0.490 e. The topological polar surface area (TPSA) is 69.2 Å². The molecule has 0 atom stereocenters. The van der Waals surface area contributed by atoms with Gasteiger partial charge >= 0.3 is 6.09 Å². The van der Waals surface area contributed by atoms with E-state index in [1.807, 2.05) is 49.4 Å².